The Hall–Kier alpha value is -2.33. The van der Waals surface area contributed by atoms with Crippen molar-refractivity contribution in [3.63, 3.8) is 0 Å². The van der Waals surface area contributed by atoms with Crippen LogP contribution in [0.1, 0.15) is 24.0 Å². The predicted octanol–water partition coefficient (Wildman–Crippen LogP) is 3.36. The summed E-state index contributed by atoms with van der Waals surface area (Å²) in [5.41, 5.74) is 2.11. The van der Waals surface area contributed by atoms with Crippen molar-refractivity contribution in [3.8, 4) is 5.75 Å². The average Bonchev–Trinajstić information content (AvgIpc) is 2.97. The van der Waals surface area contributed by atoms with Crippen molar-refractivity contribution in [1.82, 2.24) is 9.80 Å². The zero-order chi connectivity index (χ0) is 18.6. The molecule has 3 fully saturated rings. The summed E-state index contributed by atoms with van der Waals surface area (Å²) in [7, 11) is 2.17. The number of amides is 1. The number of nitrogens with zero attached hydrogens (tertiary/aromatic N) is 2. The Balaban J connectivity index is 1.44. The maximum Gasteiger partial charge on any atom is 0.227 e. The molecule has 2 aromatic carbocycles. The number of fused-ring (bicyclic) bond motifs is 4. The first-order valence-corrected chi connectivity index (χ1v) is 9.91. The van der Waals surface area contributed by atoms with Crippen LogP contribution in [0.25, 0.3) is 0 Å². The predicted molar refractivity (Wildman–Crippen MR) is 107 cm³/mol. The van der Waals surface area contributed by atoms with E-state index in [9.17, 15) is 4.79 Å². The van der Waals surface area contributed by atoms with Gasteiger partial charge in [0.25, 0.3) is 0 Å². The third-order valence-corrected chi connectivity index (χ3v) is 5.77. The Bertz CT molecular complexity index is 777. The molecular weight excluding hydrogens is 336 g/mol. The van der Waals surface area contributed by atoms with Crippen LogP contribution in [-0.2, 0) is 17.8 Å². The number of likely N-dealkylation sites (N-methyl/N-ethyl adjacent to an activating group) is 1. The fraction of sp³-hybridized carbons (Fsp3) is 0.435. The molecule has 4 nitrogen and oxygen atoms in total. The molecule has 0 saturated carbocycles. The Kier molecular flexibility index (Phi) is 5.44. The number of hydrogen-bond donors (Lipinski definition) is 0. The van der Waals surface area contributed by atoms with Crippen molar-refractivity contribution >= 4 is 5.91 Å². The van der Waals surface area contributed by atoms with Crippen LogP contribution in [-0.4, -0.2) is 48.4 Å². The van der Waals surface area contributed by atoms with E-state index in [-0.39, 0.29) is 5.91 Å². The minimum absolute atomic E-state index is 0.232. The second-order valence-corrected chi connectivity index (χ2v) is 7.92. The Morgan fingerprint density at radius 1 is 1.00 bits per heavy atom. The molecule has 0 radical (unpaired) electrons. The van der Waals surface area contributed by atoms with Gasteiger partial charge in [0.15, 0.2) is 0 Å². The van der Waals surface area contributed by atoms with Gasteiger partial charge in [0, 0.05) is 31.2 Å². The lowest BCUT2D eigenvalue weighted by Crippen LogP contribution is -2.47. The van der Waals surface area contributed by atoms with Gasteiger partial charge in [-0.1, -0.05) is 48.5 Å². The van der Waals surface area contributed by atoms with E-state index in [1.54, 1.807) is 0 Å². The van der Waals surface area contributed by atoms with Crippen LogP contribution < -0.4 is 4.74 Å². The summed E-state index contributed by atoms with van der Waals surface area (Å²) in [6.07, 6.45) is 2.79. The molecule has 4 heteroatoms. The number of carbonyl (C=O) groups excluding carboxylic acids is 1. The molecule has 0 spiro atoms. The largest absolute Gasteiger partial charge is 0.489 e. The molecule has 27 heavy (non-hydrogen) atoms. The van der Waals surface area contributed by atoms with E-state index in [0.717, 1.165) is 42.9 Å². The highest BCUT2D eigenvalue weighted by molar-refractivity contribution is 5.80. The zero-order valence-electron chi connectivity index (χ0n) is 16.0. The van der Waals surface area contributed by atoms with Gasteiger partial charge in [-0.15, -0.1) is 0 Å². The van der Waals surface area contributed by atoms with Crippen molar-refractivity contribution in [1.29, 1.82) is 0 Å². The number of ether oxygens (including phenoxy) is 1. The Labute approximate surface area is 161 Å². The van der Waals surface area contributed by atoms with Crippen LogP contribution in [0.15, 0.2) is 54.6 Å². The Morgan fingerprint density at radius 3 is 2.63 bits per heavy atom. The number of benzene rings is 2. The van der Waals surface area contributed by atoms with E-state index in [1.807, 2.05) is 42.5 Å². The first-order chi connectivity index (χ1) is 13.2. The van der Waals surface area contributed by atoms with Gasteiger partial charge < -0.3 is 14.5 Å². The number of para-hydroxylation sites is 1. The van der Waals surface area contributed by atoms with Gasteiger partial charge in [-0.25, -0.2) is 0 Å². The molecule has 0 N–H and O–H groups in total. The summed E-state index contributed by atoms with van der Waals surface area (Å²) >= 11 is 0. The van der Waals surface area contributed by atoms with Gasteiger partial charge in [-0.3, -0.25) is 4.79 Å². The third kappa shape index (κ3) is 4.33. The molecular formula is C23H28N2O2. The smallest absolute Gasteiger partial charge is 0.227 e. The maximum atomic E-state index is 13.1. The summed E-state index contributed by atoms with van der Waals surface area (Å²) in [6.45, 7) is 3.53. The molecule has 3 heterocycles. The van der Waals surface area contributed by atoms with E-state index in [2.05, 4.69) is 29.0 Å². The van der Waals surface area contributed by atoms with Crippen molar-refractivity contribution in [2.45, 2.75) is 31.9 Å². The maximum absolute atomic E-state index is 13.1. The number of piperidine rings is 1. The normalized spacial score (nSPS) is 22.5. The highest BCUT2D eigenvalue weighted by Crippen LogP contribution is 2.29. The topological polar surface area (TPSA) is 32.8 Å². The van der Waals surface area contributed by atoms with Gasteiger partial charge in [0.1, 0.15) is 12.4 Å². The molecule has 3 saturated heterocycles. The summed E-state index contributed by atoms with van der Waals surface area (Å²) in [5, 5.41) is 0. The van der Waals surface area contributed by atoms with Gasteiger partial charge in [-0.2, -0.15) is 0 Å². The average molecular weight is 364 g/mol. The van der Waals surface area contributed by atoms with Crippen molar-refractivity contribution in [2.24, 2.45) is 5.92 Å². The summed E-state index contributed by atoms with van der Waals surface area (Å²) in [5.74, 6) is 1.66. The molecule has 0 aliphatic carbocycles. The fourth-order valence-electron chi connectivity index (χ4n) is 4.41. The minimum atomic E-state index is 0.232. The quantitative estimate of drug-likeness (QED) is 0.816. The number of rotatable bonds is 5. The SMILES string of the molecule is CN1C[C@H]2CC[C@@H](C1)N(C(=O)Cc1ccccc1OCc1ccccc1)C2. The number of hydrogen-bond acceptors (Lipinski definition) is 3. The molecule has 5 rings (SSSR count). The van der Waals surface area contributed by atoms with Gasteiger partial charge in [0.05, 0.1) is 6.42 Å². The van der Waals surface area contributed by atoms with Crippen LogP contribution in [0, 0.1) is 5.92 Å². The Morgan fingerprint density at radius 2 is 1.78 bits per heavy atom. The monoisotopic (exact) mass is 364 g/mol. The first kappa shape index (κ1) is 18.1. The third-order valence-electron chi connectivity index (χ3n) is 5.77. The van der Waals surface area contributed by atoms with Gasteiger partial charge in [-0.05, 0) is 37.4 Å². The lowest BCUT2D eigenvalue weighted by atomic mass is 9.94. The zero-order valence-corrected chi connectivity index (χ0v) is 16.0. The van der Waals surface area contributed by atoms with E-state index in [1.165, 1.54) is 6.42 Å². The molecule has 0 unspecified atom stereocenters. The lowest BCUT2D eigenvalue weighted by Gasteiger charge is -2.36. The molecule has 3 aliphatic heterocycles. The highest BCUT2D eigenvalue weighted by Gasteiger charge is 2.36. The van der Waals surface area contributed by atoms with E-state index in [4.69, 9.17) is 4.74 Å². The second-order valence-electron chi connectivity index (χ2n) is 7.92. The fourth-order valence-corrected chi connectivity index (χ4v) is 4.41. The lowest BCUT2D eigenvalue weighted by molar-refractivity contribution is -0.134. The summed E-state index contributed by atoms with van der Waals surface area (Å²) in [4.78, 5) is 17.6. The molecule has 0 aromatic heterocycles. The van der Waals surface area contributed by atoms with Crippen molar-refractivity contribution in [3.05, 3.63) is 65.7 Å². The van der Waals surface area contributed by atoms with Crippen LogP contribution in [0.2, 0.25) is 0 Å². The van der Waals surface area contributed by atoms with Crippen molar-refractivity contribution < 1.29 is 9.53 Å². The van der Waals surface area contributed by atoms with Crippen molar-refractivity contribution in [2.75, 3.05) is 26.7 Å². The molecule has 3 aliphatic rings. The second kappa shape index (κ2) is 8.13. The summed E-state index contributed by atoms with van der Waals surface area (Å²) < 4.78 is 6.04. The standard InChI is InChI=1S/C23H28N2O2/c1-24-14-19-11-12-21(16-24)25(15-19)23(26)13-20-9-5-6-10-22(20)27-17-18-7-3-2-4-8-18/h2-10,19,21H,11-17H2,1H3/t19-,21+/m1/s1. The minimum Gasteiger partial charge on any atom is -0.489 e. The van der Waals surface area contributed by atoms with Gasteiger partial charge >= 0.3 is 0 Å². The van der Waals surface area contributed by atoms with Crippen LogP contribution in [0.3, 0.4) is 0 Å². The van der Waals surface area contributed by atoms with Crippen LogP contribution in [0.5, 0.6) is 5.75 Å². The molecule has 1 amide bonds. The molecule has 2 atom stereocenters. The summed E-state index contributed by atoms with van der Waals surface area (Å²) in [6, 6.07) is 18.4. The van der Waals surface area contributed by atoms with E-state index < -0.39 is 0 Å². The first-order valence-electron chi connectivity index (χ1n) is 9.91. The molecule has 2 bridgehead atoms. The van der Waals surface area contributed by atoms with Gasteiger partial charge in [0.2, 0.25) is 5.91 Å². The van der Waals surface area contributed by atoms with E-state index in [0.29, 0.717) is 25.0 Å². The molecule has 2 aromatic rings. The highest BCUT2D eigenvalue weighted by atomic mass is 16.5. The van der Waals surface area contributed by atoms with Crippen LogP contribution in [0.4, 0.5) is 0 Å². The number of carbonyl (C=O) groups is 1. The van der Waals surface area contributed by atoms with Crippen LogP contribution >= 0.6 is 0 Å². The molecule has 142 valence electrons. The van der Waals surface area contributed by atoms with E-state index >= 15 is 0 Å².